The standard InChI is InChI=1S/C13H18/c1-3-11-10-13(11,4-2)12-8-6-5-7-9-12/h5-9,11H,3-4,10H2,1-2H3. The van der Waals surface area contributed by atoms with Crippen molar-refractivity contribution in [3.8, 4) is 0 Å². The molecule has 0 saturated heterocycles. The average Bonchev–Trinajstić information content (AvgIpc) is 2.94. The van der Waals surface area contributed by atoms with Gasteiger partial charge in [0.1, 0.15) is 0 Å². The van der Waals surface area contributed by atoms with Crippen LogP contribution < -0.4 is 0 Å². The van der Waals surface area contributed by atoms with E-state index in [9.17, 15) is 0 Å². The minimum absolute atomic E-state index is 0.552. The van der Waals surface area contributed by atoms with Crippen LogP contribution in [0, 0.1) is 5.92 Å². The minimum atomic E-state index is 0.552. The molecule has 2 rings (SSSR count). The Labute approximate surface area is 81.0 Å². The van der Waals surface area contributed by atoms with Crippen LogP contribution in [0.2, 0.25) is 0 Å². The molecule has 1 aromatic rings. The van der Waals surface area contributed by atoms with Crippen molar-refractivity contribution in [3.05, 3.63) is 35.9 Å². The van der Waals surface area contributed by atoms with Crippen LogP contribution in [0.15, 0.2) is 30.3 Å². The summed E-state index contributed by atoms with van der Waals surface area (Å²) >= 11 is 0. The van der Waals surface area contributed by atoms with Gasteiger partial charge < -0.3 is 0 Å². The van der Waals surface area contributed by atoms with E-state index < -0.39 is 0 Å². The lowest BCUT2D eigenvalue weighted by Crippen LogP contribution is -2.07. The molecule has 0 radical (unpaired) electrons. The Balaban J connectivity index is 2.25. The highest BCUT2D eigenvalue weighted by molar-refractivity contribution is 5.33. The van der Waals surface area contributed by atoms with Gasteiger partial charge in [-0.15, -0.1) is 0 Å². The topological polar surface area (TPSA) is 0 Å². The maximum atomic E-state index is 2.32. The molecule has 0 amide bonds. The molecule has 1 aliphatic carbocycles. The van der Waals surface area contributed by atoms with Gasteiger partial charge in [-0.25, -0.2) is 0 Å². The zero-order chi connectivity index (χ0) is 9.31. The maximum absolute atomic E-state index is 2.32. The predicted octanol–water partition coefficient (Wildman–Crippen LogP) is 3.76. The van der Waals surface area contributed by atoms with E-state index in [1.54, 1.807) is 5.56 Å². The molecule has 0 bridgehead atoms. The van der Waals surface area contributed by atoms with E-state index in [4.69, 9.17) is 0 Å². The van der Waals surface area contributed by atoms with Crippen LogP contribution in [0.25, 0.3) is 0 Å². The van der Waals surface area contributed by atoms with Crippen LogP contribution in [-0.4, -0.2) is 0 Å². The van der Waals surface area contributed by atoms with Crippen LogP contribution in [0.5, 0.6) is 0 Å². The lowest BCUT2D eigenvalue weighted by atomic mass is 9.90. The molecule has 0 heterocycles. The summed E-state index contributed by atoms with van der Waals surface area (Å²) in [6.07, 6.45) is 4.04. The monoisotopic (exact) mass is 174 g/mol. The van der Waals surface area contributed by atoms with Crippen LogP contribution in [0.1, 0.15) is 38.7 Å². The third-order valence-electron chi connectivity index (χ3n) is 3.70. The third kappa shape index (κ3) is 1.29. The van der Waals surface area contributed by atoms with Crippen molar-refractivity contribution in [1.82, 2.24) is 0 Å². The van der Waals surface area contributed by atoms with Crippen molar-refractivity contribution in [1.29, 1.82) is 0 Å². The molecule has 13 heavy (non-hydrogen) atoms. The van der Waals surface area contributed by atoms with Crippen molar-refractivity contribution in [2.24, 2.45) is 5.92 Å². The molecular weight excluding hydrogens is 156 g/mol. The van der Waals surface area contributed by atoms with Crippen molar-refractivity contribution < 1.29 is 0 Å². The molecule has 0 spiro atoms. The molecule has 1 saturated carbocycles. The smallest absolute Gasteiger partial charge is 0.00182 e. The Morgan fingerprint density at radius 1 is 1.23 bits per heavy atom. The Morgan fingerprint density at radius 3 is 2.38 bits per heavy atom. The van der Waals surface area contributed by atoms with Crippen LogP contribution in [0.4, 0.5) is 0 Å². The van der Waals surface area contributed by atoms with E-state index in [0.717, 1.165) is 5.92 Å². The SMILES string of the molecule is CCC1CC1(CC)c1ccccc1. The van der Waals surface area contributed by atoms with Gasteiger partial charge >= 0.3 is 0 Å². The predicted molar refractivity (Wildman–Crippen MR) is 56.8 cm³/mol. The molecule has 0 N–H and O–H groups in total. The van der Waals surface area contributed by atoms with Gasteiger partial charge in [-0.3, -0.25) is 0 Å². The lowest BCUT2D eigenvalue weighted by Gasteiger charge is -2.14. The maximum Gasteiger partial charge on any atom is -0.00182 e. The molecule has 2 unspecified atom stereocenters. The summed E-state index contributed by atoms with van der Waals surface area (Å²) in [5.41, 5.74) is 2.11. The molecule has 2 atom stereocenters. The van der Waals surface area contributed by atoms with E-state index in [-0.39, 0.29) is 0 Å². The Kier molecular flexibility index (Phi) is 2.15. The first kappa shape index (κ1) is 8.80. The first-order chi connectivity index (χ1) is 6.33. The van der Waals surface area contributed by atoms with Gasteiger partial charge in [-0.2, -0.15) is 0 Å². The van der Waals surface area contributed by atoms with Gasteiger partial charge in [-0.1, -0.05) is 50.6 Å². The molecule has 1 aromatic carbocycles. The normalized spacial score (nSPS) is 31.7. The Bertz CT molecular complexity index is 275. The minimum Gasteiger partial charge on any atom is -0.0651 e. The second-order valence-electron chi connectivity index (χ2n) is 4.19. The number of rotatable bonds is 3. The summed E-state index contributed by atoms with van der Waals surface area (Å²) in [5, 5.41) is 0. The van der Waals surface area contributed by atoms with Gasteiger partial charge in [0, 0.05) is 0 Å². The van der Waals surface area contributed by atoms with E-state index >= 15 is 0 Å². The Morgan fingerprint density at radius 2 is 1.92 bits per heavy atom. The highest BCUT2D eigenvalue weighted by Crippen LogP contribution is 2.58. The molecule has 0 heteroatoms. The number of hydrogen-bond acceptors (Lipinski definition) is 0. The molecule has 0 aliphatic heterocycles. The van der Waals surface area contributed by atoms with Gasteiger partial charge in [0.05, 0.1) is 0 Å². The van der Waals surface area contributed by atoms with Gasteiger partial charge in [0.2, 0.25) is 0 Å². The molecule has 1 fully saturated rings. The third-order valence-corrected chi connectivity index (χ3v) is 3.70. The van der Waals surface area contributed by atoms with Crippen molar-refractivity contribution in [3.63, 3.8) is 0 Å². The summed E-state index contributed by atoms with van der Waals surface area (Å²) in [5.74, 6) is 0.944. The summed E-state index contributed by atoms with van der Waals surface area (Å²) < 4.78 is 0. The molecule has 0 nitrogen and oxygen atoms in total. The summed E-state index contributed by atoms with van der Waals surface area (Å²) in [7, 11) is 0. The van der Waals surface area contributed by atoms with Gasteiger partial charge in [-0.05, 0) is 29.7 Å². The second-order valence-corrected chi connectivity index (χ2v) is 4.19. The fraction of sp³-hybridized carbons (Fsp3) is 0.538. The number of benzene rings is 1. The molecule has 1 aliphatic rings. The summed E-state index contributed by atoms with van der Waals surface area (Å²) in [6, 6.07) is 11.0. The van der Waals surface area contributed by atoms with E-state index in [1.807, 2.05) is 0 Å². The van der Waals surface area contributed by atoms with Gasteiger partial charge in [0.25, 0.3) is 0 Å². The highest BCUT2D eigenvalue weighted by Gasteiger charge is 2.51. The molecule has 70 valence electrons. The quantitative estimate of drug-likeness (QED) is 0.654. The van der Waals surface area contributed by atoms with E-state index in [2.05, 4.69) is 44.2 Å². The summed E-state index contributed by atoms with van der Waals surface area (Å²) in [4.78, 5) is 0. The van der Waals surface area contributed by atoms with Crippen molar-refractivity contribution in [2.45, 2.75) is 38.5 Å². The fourth-order valence-corrected chi connectivity index (χ4v) is 2.68. The van der Waals surface area contributed by atoms with Crippen LogP contribution >= 0.6 is 0 Å². The van der Waals surface area contributed by atoms with Crippen molar-refractivity contribution in [2.75, 3.05) is 0 Å². The Hall–Kier alpha value is -0.780. The largest absolute Gasteiger partial charge is 0.0651 e. The van der Waals surface area contributed by atoms with Gasteiger partial charge in [0.15, 0.2) is 0 Å². The first-order valence-corrected chi connectivity index (χ1v) is 5.39. The van der Waals surface area contributed by atoms with E-state index in [0.29, 0.717) is 5.41 Å². The number of hydrogen-bond donors (Lipinski definition) is 0. The zero-order valence-electron chi connectivity index (χ0n) is 8.59. The van der Waals surface area contributed by atoms with Crippen LogP contribution in [0.3, 0.4) is 0 Å². The molecular formula is C13H18. The zero-order valence-corrected chi connectivity index (χ0v) is 8.59. The lowest BCUT2D eigenvalue weighted by molar-refractivity contribution is 0.572. The van der Waals surface area contributed by atoms with Crippen molar-refractivity contribution >= 4 is 0 Å². The van der Waals surface area contributed by atoms with E-state index in [1.165, 1.54) is 19.3 Å². The second kappa shape index (κ2) is 3.17. The fourth-order valence-electron chi connectivity index (χ4n) is 2.68. The average molecular weight is 174 g/mol. The van der Waals surface area contributed by atoms with Crippen LogP contribution in [-0.2, 0) is 5.41 Å². The molecule has 0 aromatic heterocycles. The summed E-state index contributed by atoms with van der Waals surface area (Å²) in [6.45, 7) is 4.63. The first-order valence-electron chi connectivity index (χ1n) is 5.39. The highest BCUT2D eigenvalue weighted by atomic mass is 14.6.